The summed E-state index contributed by atoms with van der Waals surface area (Å²) in [6.45, 7) is 1.83. The van der Waals surface area contributed by atoms with Gasteiger partial charge in [0.2, 0.25) is 0 Å². The maximum Gasteiger partial charge on any atom is 0.471 e. The van der Waals surface area contributed by atoms with Crippen molar-refractivity contribution in [3.05, 3.63) is 95.3 Å². The van der Waals surface area contributed by atoms with Crippen molar-refractivity contribution in [3.63, 3.8) is 0 Å². The zero-order valence-corrected chi connectivity index (χ0v) is 23.0. The highest BCUT2D eigenvalue weighted by atomic mass is 19.4. The average molecular weight is 586 g/mol. The van der Waals surface area contributed by atoms with E-state index < -0.39 is 12.1 Å². The normalized spacial score (nSPS) is 14.3. The Morgan fingerprint density at radius 1 is 0.929 bits per heavy atom. The fourth-order valence-corrected chi connectivity index (χ4v) is 4.90. The molecule has 3 aromatic rings. The second-order valence-electron chi connectivity index (χ2n) is 9.99. The number of nitrogens with one attached hydrogen (secondary N) is 1. The molecular weight excluding hydrogens is 554 g/mol. The van der Waals surface area contributed by atoms with Gasteiger partial charge in [-0.05, 0) is 80.0 Å². The number of methoxy groups -OCH3 is 1. The molecule has 0 spiro atoms. The van der Waals surface area contributed by atoms with Crippen LogP contribution in [0.25, 0.3) is 0 Å². The number of halogens is 4. The van der Waals surface area contributed by atoms with E-state index in [1.807, 2.05) is 5.32 Å². The number of para-hydroxylation sites is 2. The summed E-state index contributed by atoms with van der Waals surface area (Å²) >= 11 is 0. The molecule has 0 saturated carbocycles. The van der Waals surface area contributed by atoms with E-state index in [1.165, 1.54) is 55.6 Å². The second kappa shape index (κ2) is 13.6. The monoisotopic (exact) mass is 585 g/mol. The Labute approximate surface area is 241 Å². The van der Waals surface area contributed by atoms with Crippen LogP contribution in [0.1, 0.15) is 39.1 Å². The van der Waals surface area contributed by atoms with E-state index >= 15 is 0 Å². The summed E-state index contributed by atoms with van der Waals surface area (Å²) in [4.78, 5) is 41.4. The number of ether oxygens (including phenoxy) is 1. The van der Waals surface area contributed by atoms with Gasteiger partial charge >= 0.3 is 12.1 Å². The number of hydrogen-bond acceptors (Lipinski definition) is 5. The van der Waals surface area contributed by atoms with Crippen LogP contribution in [0.3, 0.4) is 0 Å². The standard InChI is InChI=1S/C31H31F4N3O4/c1-42-27-5-3-2-4-26(27)38(29(40)24-8-6-21(7-9-24)20-36-30(41)31(33,34)35)19-18-37-16-14-23(15-17-37)28(39)22-10-12-25(32)13-11-22/h2-13,23H,14-20H2,1H3,(H,36,41). The van der Waals surface area contributed by atoms with Gasteiger partial charge in [0.25, 0.3) is 5.91 Å². The summed E-state index contributed by atoms with van der Waals surface area (Å²) in [6, 6.07) is 18.7. The molecule has 1 fully saturated rings. The minimum atomic E-state index is -4.97. The van der Waals surface area contributed by atoms with Crippen LogP contribution < -0.4 is 15.0 Å². The molecule has 0 unspecified atom stereocenters. The predicted octanol–water partition coefficient (Wildman–Crippen LogP) is 5.25. The van der Waals surface area contributed by atoms with Gasteiger partial charge in [0, 0.05) is 36.7 Å². The van der Waals surface area contributed by atoms with Crippen molar-refractivity contribution in [2.75, 3.05) is 38.2 Å². The Balaban J connectivity index is 1.41. The first kappa shape index (κ1) is 30.7. The van der Waals surface area contributed by atoms with Gasteiger partial charge in [0.1, 0.15) is 11.6 Å². The molecule has 11 heteroatoms. The second-order valence-corrected chi connectivity index (χ2v) is 9.99. The van der Waals surface area contributed by atoms with E-state index in [4.69, 9.17) is 4.74 Å². The smallest absolute Gasteiger partial charge is 0.471 e. The van der Waals surface area contributed by atoms with Gasteiger partial charge in [-0.3, -0.25) is 14.4 Å². The number of likely N-dealkylation sites (tertiary alicyclic amines) is 1. The Kier molecular flexibility index (Phi) is 9.95. The van der Waals surface area contributed by atoms with Gasteiger partial charge in [-0.1, -0.05) is 24.3 Å². The third-order valence-electron chi connectivity index (χ3n) is 7.26. The Bertz CT molecular complexity index is 1390. The van der Waals surface area contributed by atoms with Crippen LogP contribution in [-0.2, 0) is 11.3 Å². The van der Waals surface area contributed by atoms with Crippen molar-refractivity contribution in [2.24, 2.45) is 5.92 Å². The zero-order valence-electron chi connectivity index (χ0n) is 23.0. The minimum absolute atomic E-state index is 0.00175. The van der Waals surface area contributed by atoms with Crippen LogP contribution in [0.15, 0.2) is 72.8 Å². The Hall–Kier alpha value is -4.25. The number of Topliss-reactive ketones (excluding diaryl/α,β-unsaturated/α-hetero) is 1. The molecule has 0 atom stereocenters. The number of hydrogen-bond donors (Lipinski definition) is 1. The number of anilines is 1. The van der Waals surface area contributed by atoms with Crippen LogP contribution in [0.5, 0.6) is 5.75 Å². The largest absolute Gasteiger partial charge is 0.495 e. The van der Waals surface area contributed by atoms with E-state index in [2.05, 4.69) is 4.90 Å². The van der Waals surface area contributed by atoms with Crippen molar-refractivity contribution >= 4 is 23.3 Å². The lowest BCUT2D eigenvalue weighted by Crippen LogP contribution is -2.43. The van der Waals surface area contributed by atoms with Crippen molar-refractivity contribution in [1.29, 1.82) is 0 Å². The summed E-state index contributed by atoms with van der Waals surface area (Å²) < 4.78 is 56.2. The number of piperidine rings is 1. The molecule has 1 aliphatic rings. The summed E-state index contributed by atoms with van der Waals surface area (Å²) in [5.74, 6) is -2.40. The third-order valence-corrected chi connectivity index (χ3v) is 7.26. The number of rotatable bonds is 10. The third kappa shape index (κ3) is 7.73. The predicted molar refractivity (Wildman–Crippen MR) is 149 cm³/mol. The first-order valence-electron chi connectivity index (χ1n) is 13.5. The molecule has 0 bridgehead atoms. The number of alkyl halides is 3. The van der Waals surface area contributed by atoms with Gasteiger partial charge in [-0.2, -0.15) is 13.2 Å². The van der Waals surface area contributed by atoms with Gasteiger partial charge in [-0.25, -0.2) is 4.39 Å². The molecule has 4 rings (SSSR count). The Morgan fingerprint density at radius 3 is 2.17 bits per heavy atom. The molecule has 2 amide bonds. The fourth-order valence-electron chi connectivity index (χ4n) is 4.90. The van der Waals surface area contributed by atoms with Gasteiger partial charge in [0.05, 0.1) is 12.8 Å². The van der Waals surface area contributed by atoms with Crippen LogP contribution >= 0.6 is 0 Å². The number of benzene rings is 3. The summed E-state index contributed by atoms with van der Waals surface area (Å²) in [5, 5.41) is 1.81. The quantitative estimate of drug-likeness (QED) is 0.260. The first-order chi connectivity index (χ1) is 20.1. The topological polar surface area (TPSA) is 79.0 Å². The van der Waals surface area contributed by atoms with Gasteiger partial charge in [0.15, 0.2) is 5.78 Å². The molecule has 222 valence electrons. The van der Waals surface area contributed by atoms with E-state index in [0.29, 0.717) is 67.1 Å². The summed E-state index contributed by atoms with van der Waals surface area (Å²) in [6.07, 6.45) is -3.69. The summed E-state index contributed by atoms with van der Waals surface area (Å²) in [5.41, 5.74) is 1.78. The van der Waals surface area contributed by atoms with Crippen LogP contribution in [0.2, 0.25) is 0 Å². The molecule has 0 aromatic heterocycles. The number of carbonyl (C=O) groups is 3. The maximum absolute atomic E-state index is 13.7. The van der Waals surface area contributed by atoms with Gasteiger partial charge < -0.3 is 19.9 Å². The molecular formula is C31H31F4N3O4. The number of carbonyl (C=O) groups excluding carboxylic acids is 3. The Morgan fingerprint density at radius 2 is 1.55 bits per heavy atom. The first-order valence-corrected chi connectivity index (χ1v) is 13.5. The molecule has 0 radical (unpaired) electrons. The average Bonchev–Trinajstić information content (AvgIpc) is 3.00. The highest BCUT2D eigenvalue weighted by Gasteiger charge is 2.38. The molecule has 1 N–H and O–H groups in total. The molecule has 1 saturated heterocycles. The molecule has 3 aromatic carbocycles. The molecule has 1 heterocycles. The van der Waals surface area contributed by atoms with Crippen molar-refractivity contribution < 1.29 is 36.7 Å². The molecule has 42 heavy (non-hydrogen) atoms. The van der Waals surface area contributed by atoms with Gasteiger partial charge in [-0.15, -0.1) is 0 Å². The van der Waals surface area contributed by atoms with Crippen molar-refractivity contribution in [2.45, 2.75) is 25.6 Å². The molecule has 1 aliphatic heterocycles. The van der Waals surface area contributed by atoms with Crippen molar-refractivity contribution in [3.8, 4) is 5.75 Å². The van der Waals surface area contributed by atoms with Crippen LogP contribution in [-0.4, -0.2) is 62.0 Å². The summed E-state index contributed by atoms with van der Waals surface area (Å²) in [7, 11) is 1.51. The highest BCUT2D eigenvalue weighted by Crippen LogP contribution is 2.30. The van der Waals surface area contributed by atoms with E-state index in [-0.39, 0.29) is 30.0 Å². The van der Waals surface area contributed by atoms with E-state index in [1.54, 1.807) is 29.2 Å². The fraction of sp³-hybridized carbons (Fsp3) is 0.323. The zero-order chi connectivity index (χ0) is 30.3. The number of ketones is 1. The maximum atomic E-state index is 13.7. The number of nitrogens with zero attached hydrogens (tertiary/aromatic N) is 2. The SMILES string of the molecule is COc1ccccc1N(CCN1CCC(C(=O)c2ccc(F)cc2)CC1)C(=O)c1ccc(CNC(=O)C(F)(F)F)cc1. The van der Waals surface area contributed by atoms with E-state index in [0.717, 1.165) is 0 Å². The highest BCUT2D eigenvalue weighted by molar-refractivity contribution is 6.07. The van der Waals surface area contributed by atoms with Crippen LogP contribution in [0, 0.1) is 11.7 Å². The van der Waals surface area contributed by atoms with Crippen LogP contribution in [0.4, 0.5) is 23.2 Å². The lowest BCUT2D eigenvalue weighted by Gasteiger charge is -2.33. The molecule has 0 aliphatic carbocycles. The lowest BCUT2D eigenvalue weighted by atomic mass is 9.89. The minimum Gasteiger partial charge on any atom is -0.495 e. The molecule has 7 nitrogen and oxygen atoms in total. The van der Waals surface area contributed by atoms with Crippen molar-refractivity contribution in [1.82, 2.24) is 10.2 Å². The number of amides is 2. The lowest BCUT2D eigenvalue weighted by molar-refractivity contribution is -0.173. The van der Waals surface area contributed by atoms with E-state index in [9.17, 15) is 31.9 Å².